The lowest BCUT2D eigenvalue weighted by molar-refractivity contribution is -0.956. The van der Waals surface area contributed by atoms with Gasteiger partial charge in [0.05, 0.1) is 30.7 Å². The van der Waals surface area contributed by atoms with Crippen LogP contribution in [0.1, 0.15) is 60.0 Å². The molecule has 1 spiro atoms. The summed E-state index contributed by atoms with van der Waals surface area (Å²) < 4.78 is 13.8. The zero-order valence-electron chi connectivity index (χ0n) is 22.1. The van der Waals surface area contributed by atoms with Crippen molar-refractivity contribution in [3.05, 3.63) is 106 Å². The van der Waals surface area contributed by atoms with Gasteiger partial charge >= 0.3 is 11.9 Å². The molecule has 5 nitrogen and oxygen atoms in total. The molecule has 3 aliphatic rings. The highest BCUT2D eigenvalue weighted by atomic mass is 35.5. The number of nitrogens with zero attached hydrogens (tertiary/aromatic N) is 1. The molecule has 3 aromatic rings. The van der Waals surface area contributed by atoms with E-state index in [9.17, 15) is 9.59 Å². The molecule has 0 amide bonds. The van der Waals surface area contributed by atoms with Crippen LogP contribution < -0.4 is 12.4 Å². The van der Waals surface area contributed by atoms with Crippen LogP contribution in [0, 0.1) is 0 Å². The van der Waals surface area contributed by atoms with Crippen molar-refractivity contribution in [3.8, 4) is 0 Å². The Kier molecular flexibility index (Phi) is 8.49. The maximum Gasteiger partial charge on any atom is 0.360 e. The summed E-state index contributed by atoms with van der Waals surface area (Å²) >= 11 is 12.4. The average molecular weight is 601 g/mol. The minimum Gasteiger partial charge on any atom is -1.00 e. The number of rotatable bonds is 6. The van der Waals surface area contributed by atoms with Crippen LogP contribution >= 0.6 is 23.2 Å². The second-order valence-corrected chi connectivity index (χ2v) is 12.0. The largest absolute Gasteiger partial charge is 1.00 e. The molecule has 8 heteroatoms. The number of ether oxygens (including phenoxy) is 2. The smallest absolute Gasteiger partial charge is 0.360 e. The fourth-order valence-corrected chi connectivity index (χ4v) is 7.84. The van der Waals surface area contributed by atoms with Gasteiger partial charge in [-0.1, -0.05) is 83.9 Å². The van der Waals surface area contributed by atoms with Crippen LogP contribution in [-0.2, 0) is 19.9 Å². The highest BCUT2D eigenvalue weighted by Gasteiger charge is 2.57. The van der Waals surface area contributed by atoms with Crippen LogP contribution in [0.3, 0.4) is 0 Å². The van der Waals surface area contributed by atoms with Gasteiger partial charge in [-0.2, -0.15) is 0 Å². The summed E-state index contributed by atoms with van der Waals surface area (Å²) in [6.45, 7) is 2.49. The van der Waals surface area contributed by atoms with Gasteiger partial charge in [0.1, 0.15) is 6.10 Å². The van der Waals surface area contributed by atoms with E-state index in [1.807, 2.05) is 36.4 Å². The van der Waals surface area contributed by atoms with Crippen molar-refractivity contribution < 1.29 is 36.0 Å². The number of benzene rings is 3. The Morgan fingerprint density at radius 1 is 0.775 bits per heavy atom. The lowest BCUT2D eigenvalue weighted by atomic mass is 9.85. The summed E-state index contributed by atoms with van der Waals surface area (Å²) in [5.74, 6) is -1.30. The van der Waals surface area contributed by atoms with E-state index in [-0.39, 0.29) is 24.1 Å². The van der Waals surface area contributed by atoms with Crippen molar-refractivity contribution in [3.63, 3.8) is 0 Å². The Bertz CT molecular complexity index is 1290. The van der Waals surface area contributed by atoms with Gasteiger partial charge in [0.15, 0.2) is 0 Å². The van der Waals surface area contributed by atoms with Gasteiger partial charge in [-0.15, -0.1) is 0 Å². The van der Waals surface area contributed by atoms with E-state index >= 15 is 0 Å². The van der Waals surface area contributed by atoms with Crippen molar-refractivity contribution >= 4 is 35.1 Å². The van der Waals surface area contributed by atoms with Crippen molar-refractivity contribution in [2.45, 2.75) is 62.3 Å². The van der Waals surface area contributed by atoms with Crippen LogP contribution in [0.5, 0.6) is 0 Å². The Morgan fingerprint density at radius 2 is 1.27 bits per heavy atom. The highest BCUT2D eigenvalue weighted by Crippen LogP contribution is 2.47. The second-order valence-electron chi connectivity index (χ2n) is 11.1. The van der Waals surface area contributed by atoms with Crippen LogP contribution in [0.15, 0.2) is 78.9 Å². The maximum absolute atomic E-state index is 14.4. The number of carbonyl (C=O) groups excluding carboxylic acids is 2. The quantitative estimate of drug-likeness (QED) is 0.318. The molecule has 0 aromatic heterocycles. The summed E-state index contributed by atoms with van der Waals surface area (Å²) in [6.07, 6.45) is 6.42. The summed E-state index contributed by atoms with van der Waals surface area (Å²) in [7, 11) is 0. The summed E-state index contributed by atoms with van der Waals surface area (Å²) in [6, 6.07) is 23.8. The number of halogens is 3. The first kappa shape index (κ1) is 28.9. The van der Waals surface area contributed by atoms with E-state index in [0.717, 1.165) is 12.8 Å². The predicted octanol–water partition coefficient (Wildman–Crippen LogP) is 3.95. The van der Waals surface area contributed by atoms with Crippen molar-refractivity contribution in [1.29, 1.82) is 0 Å². The number of esters is 2. The van der Waals surface area contributed by atoms with E-state index in [1.165, 1.54) is 55.4 Å². The molecule has 3 aliphatic heterocycles. The van der Waals surface area contributed by atoms with Crippen molar-refractivity contribution in [2.75, 3.05) is 13.1 Å². The topological polar surface area (TPSA) is 52.6 Å². The zero-order chi connectivity index (χ0) is 27.0. The Labute approximate surface area is 251 Å². The first-order chi connectivity index (χ1) is 18.9. The molecule has 3 fully saturated rings. The SMILES string of the molecule is O=C(OC(C(=O)O[C@H]1C[C@H]2CC[C@@H](C1)[N+]21CCCC1)(c1ccccc1)c1ccccc1)c1cc(Cl)cc(Cl)c1.[Cl-]. The Hall–Kier alpha value is -2.57. The first-order valence-electron chi connectivity index (χ1n) is 13.8. The molecule has 0 aliphatic carbocycles. The first-order valence-corrected chi connectivity index (χ1v) is 14.5. The van der Waals surface area contributed by atoms with Crippen molar-refractivity contribution in [1.82, 2.24) is 0 Å². The monoisotopic (exact) mass is 599 g/mol. The number of hydrogen-bond donors (Lipinski definition) is 0. The molecule has 40 heavy (non-hydrogen) atoms. The van der Waals surface area contributed by atoms with Gasteiger partial charge in [-0.25, -0.2) is 9.59 Å². The fourth-order valence-electron chi connectivity index (χ4n) is 7.32. The van der Waals surface area contributed by atoms with Crippen LogP contribution in [0.25, 0.3) is 0 Å². The summed E-state index contributed by atoms with van der Waals surface area (Å²) in [5, 5.41) is 0.609. The average Bonchev–Trinajstić information content (AvgIpc) is 3.48. The normalized spacial score (nSPS) is 22.9. The van der Waals surface area contributed by atoms with Gasteiger partial charge in [-0.05, 0) is 18.2 Å². The molecule has 210 valence electrons. The Morgan fingerprint density at radius 3 is 1.77 bits per heavy atom. The van der Waals surface area contributed by atoms with Gasteiger partial charge in [0.25, 0.3) is 5.60 Å². The standard InChI is InChI=1S/C32H32Cl2NO4.ClH/c33-25-17-22(18-26(34)19-25)30(36)39-32(23-9-3-1-4-10-23,24-11-5-2-6-12-24)31(37)38-29-20-27-13-14-28(21-29)35(27)15-7-8-16-35;/h1-6,9-12,17-19,27-29H,7-8,13-16,20-21H2;1H/q+1;/p-1/t27-,28+,29+;. The minimum atomic E-state index is -1.80. The van der Waals surface area contributed by atoms with Crippen molar-refractivity contribution in [2.24, 2.45) is 0 Å². The van der Waals surface area contributed by atoms with Gasteiger partial charge < -0.3 is 26.4 Å². The van der Waals surface area contributed by atoms with Crippen LogP contribution in [-0.4, -0.2) is 47.7 Å². The molecule has 6 rings (SSSR count). The lowest BCUT2D eigenvalue weighted by Crippen LogP contribution is -3.00. The molecule has 0 N–H and O–H groups in total. The maximum atomic E-state index is 14.4. The Balaban J connectivity index is 0.00000323. The molecule has 2 bridgehead atoms. The molecule has 0 radical (unpaired) electrons. The van der Waals surface area contributed by atoms with Gasteiger partial charge in [-0.3, -0.25) is 0 Å². The van der Waals surface area contributed by atoms with E-state index in [2.05, 4.69) is 0 Å². The second kappa shape index (κ2) is 11.7. The number of carbonyl (C=O) groups is 2. The third-order valence-corrected chi connectivity index (χ3v) is 9.46. The summed E-state index contributed by atoms with van der Waals surface area (Å²) in [4.78, 5) is 28.1. The minimum absolute atomic E-state index is 0. The van der Waals surface area contributed by atoms with E-state index in [4.69, 9.17) is 32.7 Å². The number of hydrogen-bond acceptors (Lipinski definition) is 4. The summed E-state index contributed by atoms with van der Waals surface area (Å²) in [5.41, 5.74) is -0.605. The molecular formula is C32H32Cl3NO4. The van der Waals surface area contributed by atoms with E-state index in [0.29, 0.717) is 33.3 Å². The molecule has 0 unspecified atom stereocenters. The number of quaternary nitrogens is 1. The van der Waals surface area contributed by atoms with Crippen LogP contribution in [0.4, 0.5) is 0 Å². The molecule has 3 aromatic carbocycles. The number of piperidine rings is 1. The lowest BCUT2D eigenvalue weighted by Gasteiger charge is -2.47. The predicted molar refractivity (Wildman–Crippen MR) is 151 cm³/mol. The fraction of sp³-hybridized carbons (Fsp3) is 0.375. The highest BCUT2D eigenvalue weighted by molar-refractivity contribution is 6.35. The van der Waals surface area contributed by atoms with E-state index < -0.39 is 17.5 Å². The molecule has 3 saturated heterocycles. The third kappa shape index (κ3) is 5.14. The molecule has 3 atom stereocenters. The van der Waals surface area contributed by atoms with Crippen LogP contribution in [0.2, 0.25) is 10.0 Å². The van der Waals surface area contributed by atoms with E-state index in [1.54, 1.807) is 30.3 Å². The van der Waals surface area contributed by atoms with Gasteiger partial charge in [0.2, 0.25) is 0 Å². The molecular weight excluding hydrogens is 569 g/mol. The van der Waals surface area contributed by atoms with Gasteiger partial charge in [0, 0.05) is 59.7 Å². The third-order valence-electron chi connectivity index (χ3n) is 9.02. The molecule has 0 saturated carbocycles. The zero-order valence-corrected chi connectivity index (χ0v) is 24.4. The molecule has 3 heterocycles.